The summed E-state index contributed by atoms with van der Waals surface area (Å²) in [5.74, 6) is -0.104. The number of aryl methyl sites for hydroxylation is 2. The molecule has 1 atom stereocenters. The lowest BCUT2D eigenvalue weighted by molar-refractivity contribution is -0.116. The Kier molecular flexibility index (Phi) is 12.1. The van der Waals surface area contributed by atoms with E-state index in [1.165, 1.54) is 18.9 Å². The molecule has 254 valence electrons. The van der Waals surface area contributed by atoms with E-state index in [9.17, 15) is 14.4 Å². The fraction of sp³-hybridized carbons (Fsp3) is 0.146. The van der Waals surface area contributed by atoms with Gasteiger partial charge in [-0.15, -0.1) is 11.8 Å². The number of nitrogens with one attached hydrogen (secondary N) is 3. The summed E-state index contributed by atoms with van der Waals surface area (Å²) in [4.78, 5) is 41.8. The van der Waals surface area contributed by atoms with Crippen molar-refractivity contribution in [3.05, 3.63) is 155 Å². The van der Waals surface area contributed by atoms with Crippen molar-refractivity contribution in [2.75, 3.05) is 24.9 Å². The van der Waals surface area contributed by atoms with Gasteiger partial charge in [0.15, 0.2) is 0 Å². The van der Waals surface area contributed by atoms with E-state index in [1.807, 2.05) is 73.7 Å². The van der Waals surface area contributed by atoms with E-state index in [2.05, 4.69) is 22.9 Å². The first-order valence-electron chi connectivity index (χ1n) is 16.1. The van der Waals surface area contributed by atoms with Crippen LogP contribution in [-0.4, -0.2) is 31.9 Å². The van der Waals surface area contributed by atoms with E-state index in [0.717, 1.165) is 33.7 Å². The summed E-state index contributed by atoms with van der Waals surface area (Å²) in [6, 6.07) is 36.7. The lowest BCUT2D eigenvalue weighted by Crippen LogP contribution is -2.30. The third kappa shape index (κ3) is 9.00. The van der Waals surface area contributed by atoms with Crippen LogP contribution < -0.4 is 25.4 Å². The Morgan fingerprint density at radius 2 is 1.50 bits per heavy atom. The van der Waals surface area contributed by atoms with Gasteiger partial charge in [0.05, 0.1) is 14.2 Å². The van der Waals surface area contributed by atoms with E-state index < -0.39 is 17.1 Å². The van der Waals surface area contributed by atoms with Crippen LogP contribution in [0.25, 0.3) is 6.08 Å². The summed E-state index contributed by atoms with van der Waals surface area (Å²) >= 11 is 1.38. The first-order chi connectivity index (χ1) is 24.3. The Balaban J connectivity index is 1.43. The average molecular weight is 686 g/mol. The molecule has 0 bridgehead atoms. The van der Waals surface area contributed by atoms with Crippen LogP contribution in [0.1, 0.15) is 44.8 Å². The summed E-state index contributed by atoms with van der Waals surface area (Å²) in [6.07, 6.45) is 2.33. The number of rotatable bonds is 13. The van der Waals surface area contributed by atoms with Gasteiger partial charge in [-0.2, -0.15) is 0 Å². The highest BCUT2D eigenvalue weighted by Gasteiger charge is 2.24. The lowest BCUT2D eigenvalue weighted by atomic mass is 10.1. The average Bonchev–Trinajstić information content (AvgIpc) is 3.15. The van der Waals surface area contributed by atoms with Crippen LogP contribution in [0.4, 0.5) is 11.4 Å². The second-order valence-corrected chi connectivity index (χ2v) is 12.5. The molecule has 5 aromatic rings. The fourth-order valence-electron chi connectivity index (χ4n) is 5.32. The van der Waals surface area contributed by atoms with Crippen LogP contribution in [0.5, 0.6) is 11.5 Å². The molecule has 3 N–H and O–H groups in total. The number of benzene rings is 5. The molecule has 0 aliphatic heterocycles. The van der Waals surface area contributed by atoms with Crippen molar-refractivity contribution >= 4 is 46.9 Å². The zero-order chi connectivity index (χ0) is 35.5. The van der Waals surface area contributed by atoms with Gasteiger partial charge in [-0.05, 0) is 84.6 Å². The fourth-order valence-corrected chi connectivity index (χ4v) is 6.41. The first kappa shape index (κ1) is 35.5. The molecule has 0 aromatic heterocycles. The van der Waals surface area contributed by atoms with Crippen molar-refractivity contribution in [2.45, 2.75) is 30.4 Å². The SMILES string of the molecule is CCc1cccc(C)c1NC(=O)C(Sc1cccc(NC(=O)/C(=C\c2cc(OC)ccc2OC)NC(=O)c2ccccc2)c1)c1ccccc1. The van der Waals surface area contributed by atoms with Gasteiger partial charge < -0.3 is 25.4 Å². The Hall–Kier alpha value is -5.80. The van der Waals surface area contributed by atoms with Crippen LogP contribution in [0, 0.1) is 6.92 Å². The molecular formula is C41H39N3O5S. The molecule has 3 amide bonds. The smallest absolute Gasteiger partial charge is 0.272 e. The zero-order valence-corrected chi connectivity index (χ0v) is 29.2. The lowest BCUT2D eigenvalue weighted by Gasteiger charge is -2.20. The summed E-state index contributed by atoms with van der Waals surface area (Å²) in [5, 5.41) is 8.30. The predicted octanol–water partition coefficient (Wildman–Crippen LogP) is 8.46. The van der Waals surface area contributed by atoms with E-state index in [4.69, 9.17) is 9.47 Å². The van der Waals surface area contributed by atoms with Gasteiger partial charge in [0.1, 0.15) is 22.4 Å². The maximum atomic E-state index is 13.9. The molecule has 9 heteroatoms. The summed E-state index contributed by atoms with van der Waals surface area (Å²) in [5.41, 5.74) is 5.13. The molecule has 0 radical (unpaired) electrons. The number of hydrogen-bond acceptors (Lipinski definition) is 6. The molecule has 0 spiro atoms. The Bertz CT molecular complexity index is 2000. The van der Waals surface area contributed by atoms with Crippen molar-refractivity contribution in [2.24, 2.45) is 0 Å². The molecule has 0 heterocycles. The second-order valence-electron chi connectivity index (χ2n) is 11.3. The van der Waals surface area contributed by atoms with E-state index in [0.29, 0.717) is 28.3 Å². The van der Waals surface area contributed by atoms with Crippen LogP contribution in [0.15, 0.2) is 132 Å². The Morgan fingerprint density at radius 1 is 0.780 bits per heavy atom. The molecule has 1 unspecified atom stereocenters. The quantitative estimate of drug-likeness (QED) is 0.0849. The van der Waals surface area contributed by atoms with Crippen molar-refractivity contribution < 1.29 is 23.9 Å². The number of anilines is 2. The minimum absolute atomic E-state index is 0.00467. The molecule has 8 nitrogen and oxygen atoms in total. The molecule has 0 aliphatic carbocycles. The molecular weight excluding hydrogens is 647 g/mol. The van der Waals surface area contributed by atoms with Gasteiger partial charge in [-0.3, -0.25) is 14.4 Å². The van der Waals surface area contributed by atoms with Crippen molar-refractivity contribution in [1.29, 1.82) is 0 Å². The predicted molar refractivity (Wildman–Crippen MR) is 201 cm³/mol. The number of thioether (sulfide) groups is 1. The number of carbonyl (C=O) groups excluding carboxylic acids is 3. The van der Waals surface area contributed by atoms with Gasteiger partial charge in [0.25, 0.3) is 11.8 Å². The maximum absolute atomic E-state index is 13.9. The van der Waals surface area contributed by atoms with E-state index in [1.54, 1.807) is 67.8 Å². The topological polar surface area (TPSA) is 106 Å². The number of hydrogen-bond donors (Lipinski definition) is 3. The molecule has 0 fully saturated rings. The van der Waals surface area contributed by atoms with Gasteiger partial charge in [-0.25, -0.2) is 0 Å². The van der Waals surface area contributed by atoms with Crippen LogP contribution in [0.2, 0.25) is 0 Å². The number of methoxy groups -OCH3 is 2. The normalized spacial score (nSPS) is 11.6. The highest BCUT2D eigenvalue weighted by atomic mass is 32.2. The Morgan fingerprint density at radius 3 is 2.20 bits per heavy atom. The monoisotopic (exact) mass is 685 g/mol. The van der Waals surface area contributed by atoms with E-state index >= 15 is 0 Å². The molecule has 0 saturated carbocycles. The van der Waals surface area contributed by atoms with Crippen LogP contribution in [0.3, 0.4) is 0 Å². The molecule has 5 rings (SSSR count). The van der Waals surface area contributed by atoms with Crippen molar-refractivity contribution in [3.8, 4) is 11.5 Å². The van der Waals surface area contributed by atoms with Crippen molar-refractivity contribution in [1.82, 2.24) is 5.32 Å². The molecule has 5 aromatic carbocycles. The number of carbonyl (C=O) groups is 3. The highest BCUT2D eigenvalue weighted by Crippen LogP contribution is 2.38. The minimum Gasteiger partial charge on any atom is -0.497 e. The van der Waals surface area contributed by atoms with Gasteiger partial charge in [0, 0.05) is 27.4 Å². The summed E-state index contributed by atoms with van der Waals surface area (Å²) < 4.78 is 10.9. The maximum Gasteiger partial charge on any atom is 0.272 e. The summed E-state index contributed by atoms with van der Waals surface area (Å²) in [6.45, 7) is 4.05. The van der Waals surface area contributed by atoms with Crippen LogP contribution in [-0.2, 0) is 16.0 Å². The third-order valence-corrected chi connectivity index (χ3v) is 9.19. The number of ether oxygens (including phenoxy) is 2. The number of para-hydroxylation sites is 1. The minimum atomic E-state index is -0.576. The molecule has 0 saturated heterocycles. The highest BCUT2D eigenvalue weighted by molar-refractivity contribution is 8.00. The largest absolute Gasteiger partial charge is 0.497 e. The van der Waals surface area contributed by atoms with E-state index in [-0.39, 0.29) is 11.6 Å². The van der Waals surface area contributed by atoms with Gasteiger partial charge in [-0.1, -0.05) is 79.7 Å². The Labute approximate surface area is 296 Å². The third-order valence-electron chi connectivity index (χ3n) is 7.94. The first-order valence-corrected chi connectivity index (χ1v) is 17.0. The number of amides is 3. The van der Waals surface area contributed by atoms with Gasteiger partial charge >= 0.3 is 0 Å². The molecule has 0 aliphatic rings. The molecule has 50 heavy (non-hydrogen) atoms. The second kappa shape index (κ2) is 17.0. The standard InChI is InChI=1S/C41H39N3O5S/c1-5-28-19-12-14-27(2)37(28)44-41(47)38(29-15-8-6-9-16-29)50-34-21-13-20-32(26-34)42-40(46)35(43-39(45)30-17-10-7-11-18-30)25-31-24-33(48-3)22-23-36(31)49-4/h6-26,38H,5H2,1-4H3,(H,42,46)(H,43,45)(H,44,47)/b35-25+. The van der Waals surface area contributed by atoms with Gasteiger partial charge in [0.2, 0.25) is 5.91 Å². The van der Waals surface area contributed by atoms with Crippen molar-refractivity contribution in [3.63, 3.8) is 0 Å². The zero-order valence-electron chi connectivity index (χ0n) is 28.4. The summed E-state index contributed by atoms with van der Waals surface area (Å²) in [7, 11) is 3.07. The van der Waals surface area contributed by atoms with Crippen LogP contribution >= 0.6 is 11.8 Å².